The van der Waals surface area contributed by atoms with Gasteiger partial charge >= 0.3 is 21.6 Å². The first kappa shape index (κ1) is 15.1. The van der Waals surface area contributed by atoms with Gasteiger partial charge in [-0.2, -0.15) is 0 Å². The quantitative estimate of drug-likeness (QED) is 0.539. The first-order valence-electron chi connectivity index (χ1n) is 2.37. The minimum atomic E-state index is -4.93. The zero-order valence-corrected chi connectivity index (χ0v) is 12.9. The predicted octanol–water partition coefficient (Wildman–Crippen LogP) is 3.94. The van der Waals surface area contributed by atoms with Crippen LogP contribution in [0.3, 0.4) is 0 Å². The molecule has 0 aromatic rings. The fourth-order valence-electron chi connectivity index (χ4n) is 0.431. The Morgan fingerprint density at radius 2 is 0.769 bits per heavy atom. The highest BCUT2D eigenvalue weighted by molar-refractivity contribution is 7.59. The van der Waals surface area contributed by atoms with Gasteiger partial charge in [-0.1, -0.05) is 66.5 Å². The average molecular weight is 368 g/mol. The SMILES string of the molecule is F[Si](Cl)(Cl)N([Si](F)(Cl)Cl)[Si](F)(Cl)Cl. The summed E-state index contributed by atoms with van der Waals surface area (Å²) in [6.45, 7) is 0. The van der Waals surface area contributed by atoms with Crippen LogP contribution in [0, 0.1) is 0 Å². The van der Waals surface area contributed by atoms with Gasteiger partial charge in [-0.05, 0) is 0 Å². The van der Waals surface area contributed by atoms with E-state index in [4.69, 9.17) is 66.5 Å². The number of hydrogen-bond acceptors (Lipinski definition) is 1. The van der Waals surface area contributed by atoms with E-state index in [1.165, 1.54) is 0 Å². The molecule has 0 saturated heterocycles. The van der Waals surface area contributed by atoms with Crippen LogP contribution in [0.2, 0.25) is 0 Å². The maximum atomic E-state index is 12.9. The summed E-state index contributed by atoms with van der Waals surface area (Å²) < 4.78 is 38.2. The predicted molar refractivity (Wildman–Crippen MR) is 57.5 cm³/mol. The van der Waals surface area contributed by atoms with E-state index in [9.17, 15) is 12.3 Å². The Morgan fingerprint density at radius 3 is 0.769 bits per heavy atom. The molecule has 0 aliphatic rings. The van der Waals surface area contributed by atoms with Crippen molar-refractivity contribution in [2.24, 2.45) is 0 Å². The third-order valence-electron chi connectivity index (χ3n) is 0.761. The summed E-state index contributed by atoms with van der Waals surface area (Å²) >= 11 is 29.3. The van der Waals surface area contributed by atoms with Gasteiger partial charge in [0.15, 0.2) is 0 Å². The standard InChI is InChI=1S/Cl6F3NSi3/c1-11(2,7)10(12(3,4)8)13(5,6)9. The van der Waals surface area contributed by atoms with Gasteiger partial charge in [0, 0.05) is 0 Å². The Labute approximate surface area is 104 Å². The summed E-state index contributed by atoms with van der Waals surface area (Å²) in [4.78, 5) is 0. The molecule has 0 spiro atoms. The Hall–Kier alpha value is 2.14. The lowest BCUT2D eigenvalue weighted by atomic mass is 13.8. The van der Waals surface area contributed by atoms with Crippen molar-refractivity contribution in [2.45, 2.75) is 0 Å². The Kier molecular flexibility index (Phi) is 5.31. The molecule has 0 fully saturated rings. The second-order valence-corrected chi connectivity index (χ2v) is 18.0. The summed E-state index contributed by atoms with van der Waals surface area (Å²) in [5.41, 5.74) is 0. The summed E-state index contributed by atoms with van der Waals surface area (Å²) in [6, 6.07) is 0. The van der Waals surface area contributed by atoms with Crippen molar-refractivity contribution in [3.63, 3.8) is 0 Å². The van der Waals surface area contributed by atoms with Gasteiger partial charge in [0.1, 0.15) is 0 Å². The van der Waals surface area contributed by atoms with Crippen LogP contribution >= 0.6 is 66.5 Å². The molecule has 0 N–H and O–H groups in total. The normalized spacial score (nSPS) is 15.2. The fraction of sp³-hybridized carbons (Fsp3) is 0. The van der Waals surface area contributed by atoms with Gasteiger partial charge in [0.2, 0.25) is 0 Å². The van der Waals surface area contributed by atoms with Crippen LogP contribution in [-0.4, -0.2) is 25.5 Å². The van der Waals surface area contributed by atoms with Crippen molar-refractivity contribution in [2.75, 3.05) is 0 Å². The summed E-state index contributed by atoms with van der Waals surface area (Å²) in [7, 11) is -14.8. The molecule has 0 amide bonds. The zero-order valence-electron chi connectivity index (χ0n) is 5.35. The van der Waals surface area contributed by atoms with E-state index >= 15 is 0 Å². The number of hydrogen-bond donors (Lipinski definition) is 0. The smallest absolute Gasteiger partial charge is 0.254 e. The van der Waals surface area contributed by atoms with Crippen molar-refractivity contribution in [1.82, 2.24) is 3.90 Å². The maximum absolute atomic E-state index is 12.9. The fourth-order valence-corrected chi connectivity index (χ4v) is 21.1. The van der Waals surface area contributed by atoms with E-state index < -0.39 is 25.5 Å². The molecule has 0 saturated carbocycles. The highest BCUT2D eigenvalue weighted by atomic mass is 35.7. The van der Waals surface area contributed by atoms with Gasteiger partial charge < -0.3 is 0 Å². The van der Waals surface area contributed by atoms with E-state index in [-0.39, 0.29) is 0 Å². The Morgan fingerprint density at radius 1 is 0.615 bits per heavy atom. The molecule has 80 valence electrons. The van der Waals surface area contributed by atoms with Crippen LogP contribution in [0.5, 0.6) is 0 Å². The molecular weight excluding hydrogens is 368 g/mol. The molecule has 0 heterocycles. The molecule has 0 radical (unpaired) electrons. The largest absolute Gasteiger partial charge is 0.512 e. The average Bonchev–Trinajstić information content (AvgIpc) is 1.44. The molecule has 0 unspecified atom stereocenters. The summed E-state index contributed by atoms with van der Waals surface area (Å²) in [5, 5.41) is 0. The van der Waals surface area contributed by atoms with E-state index in [2.05, 4.69) is 0 Å². The van der Waals surface area contributed by atoms with Crippen LogP contribution in [0.15, 0.2) is 0 Å². The van der Waals surface area contributed by atoms with E-state index in [0.717, 1.165) is 0 Å². The van der Waals surface area contributed by atoms with Gasteiger partial charge in [-0.15, -0.1) is 0 Å². The number of rotatable bonds is 3. The molecule has 0 atom stereocenters. The number of nitrogens with zero attached hydrogens (tertiary/aromatic N) is 1. The monoisotopic (exact) mass is 365 g/mol. The molecule has 0 bridgehead atoms. The Balaban J connectivity index is 5.02. The lowest BCUT2D eigenvalue weighted by Gasteiger charge is -2.31. The summed E-state index contributed by atoms with van der Waals surface area (Å²) in [6.07, 6.45) is 0. The summed E-state index contributed by atoms with van der Waals surface area (Å²) in [5.74, 6) is 0. The van der Waals surface area contributed by atoms with E-state index in [1.807, 2.05) is 0 Å². The molecule has 1 nitrogen and oxygen atoms in total. The zero-order chi connectivity index (χ0) is 11.1. The van der Waals surface area contributed by atoms with Crippen LogP contribution in [0.4, 0.5) is 12.3 Å². The van der Waals surface area contributed by atoms with Gasteiger partial charge in [0.05, 0.1) is 0 Å². The topological polar surface area (TPSA) is 3.24 Å². The minimum Gasteiger partial charge on any atom is -0.254 e. The third-order valence-corrected chi connectivity index (χ3v) is 16.0. The van der Waals surface area contributed by atoms with Gasteiger partial charge in [-0.25, -0.2) is 3.90 Å². The molecule has 13 heteroatoms. The highest BCUT2D eigenvalue weighted by Crippen LogP contribution is 2.41. The third kappa shape index (κ3) is 5.14. The lowest BCUT2D eigenvalue weighted by Crippen LogP contribution is -2.62. The Bertz CT molecular complexity index is 146. The van der Waals surface area contributed by atoms with Crippen LogP contribution in [-0.2, 0) is 0 Å². The minimum absolute atomic E-state index is 0.428. The van der Waals surface area contributed by atoms with Crippen LogP contribution in [0.1, 0.15) is 0 Å². The van der Waals surface area contributed by atoms with Crippen molar-refractivity contribution in [3.8, 4) is 0 Å². The van der Waals surface area contributed by atoms with Crippen LogP contribution < -0.4 is 0 Å². The van der Waals surface area contributed by atoms with Crippen molar-refractivity contribution >= 4 is 88.0 Å². The highest BCUT2D eigenvalue weighted by Gasteiger charge is 2.65. The molecule has 13 heavy (non-hydrogen) atoms. The van der Waals surface area contributed by atoms with Crippen molar-refractivity contribution in [1.29, 1.82) is 0 Å². The first-order chi connectivity index (χ1) is 5.37. The lowest BCUT2D eigenvalue weighted by molar-refractivity contribution is 0.654. The number of halogens is 9. The molecule has 0 rings (SSSR count). The van der Waals surface area contributed by atoms with Crippen molar-refractivity contribution < 1.29 is 12.3 Å². The van der Waals surface area contributed by atoms with Crippen molar-refractivity contribution in [3.05, 3.63) is 0 Å². The molecule has 0 aliphatic carbocycles. The van der Waals surface area contributed by atoms with E-state index in [1.54, 1.807) is 0 Å². The molecule has 0 aromatic heterocycles. The maximum Gasteiger partial charge on any atom is 0.512 e. The molecular formula is Cl6F3NSi3. The second-order valence-electron chi connectivity index (χ2n) is 1.74. The van der Waals surface area contributed by atoms with E-state index in [0.29, 0.717) is 0 Å². The van der Waals surface area contributed by atoms with Gasteiger partial charge in [0.25, 0.3) is 0 Å². The van der Waals surface area contributed by atoms with Crippen LogP contribution in [0.25, 0.3) is 0 Å². The second kappa shape index (κ2) is 4.56. The first-order valence-corrected chi connectivity index (χ1v) is 13.9. The van der Waals surface area contributed by atoms with Gasteiger partial charge in [-0.3, -0.25) is 12.3 Å². The molecule has 0 aromatic carbocycles. The molecule has 0 aliphatic heterocycles.